The maximum absolute atomic E-state index is 14.0. The number of hydrogen-bond acceptors (Lipinski definition) is 6. The Labute approximate surface area is 154 Å². The molecule has 1 amide bonds. The Kier molecular flexibility index (Phi) is 7.20. The van der Waals surface area contributed by atoms with Gasteiger partial charge in [0.1, 0.15) is 4.88 Å². The van der Waals surface area contributed by atoms with E-state index in [9.17, 15) is 9.18 Å². The first-order valence-electron chi connectivity index (χ1n) is 7.85. The summed E-state index contributed by atoms with van der Waals surface area (Å²) in [5.74, 6) is -0.692. The lowest BCUT2D eigenvalue weighted by Gasteiger charge is -2.11. The number of rotatable bonds is 7. The highest BCUT2D eigenvalue weighted by atomic mass is 32.1. The molecule has 2 aromatic rings. The van der Waals surface area contributed by atoms with Gasteiger partial charge in [0, 0.05) is 11.8 Å². The molecule has 0 spiro atoms. The standard InChI is InChI=1S/C16H19FN4O2S2/c1-3-4-5-8-23-13-7-6-11(9-12(13)17)18-16(24)19-15(22)14-10(2)20-21-25-14/h6-7,9H,3-5,8H2,1-2H3,(H2,18,19,22,24). The summed E-state index contributed by atoms with van der Waals surface area (Å²) in [7, 11) is 0. The van der Waals surface area contributed by atoms with Gasteiger partial charge < -0.3 is 10.1 Å². The van der Waals surface area contributed by atoms with Crippen LogP contribution in [0.15, 0.2) is 18.2 Å². The lowest BCUT2D eigenvalue weighted by Crippen LogP contribution is -2.34. The van der Waals surface area contributed by atoms with Crippen LogP contribution in [0, 0.1) is 12.7 Å². The molecule has 0 radical (unpaired) electrons. The fourth-order valence-electron chi connectivity index (χ4n) is 1.99. The number of ether oxygens (including phenoxy) is 1. The Bertz CT molecular complexity index is 751. The van der Waals surface area contributed by atoms with Gasteiger partial charge in [0.2, 0.25) is 0 Å². The van der Waals surface area contributed by atoms with E-state index in [0.717, 1.165) is 30.8 Å². The molecule has 0 aliphatic rings. The van der Waals surface area contributed by atoms with Gasteiger partial charge in [-0.2, -0.15) is 0 Å². The molecule has 1 aromatic carbocycles. The molecule has 1 heterocycles. The van der Waals surface area contributed by atoms with Gasteiger partial charge >= 0.3 is 0 Å². The number of hydrogen-bond donors (Lipinski definition) is 2. The summed E-state index contributed by atoms with van der Waals surface area (Å²) >= 11 is 6.06. The molecule has 0 fully saturated rings. The van der Waals surface area contributed by atoms with Crippen molar-refractivity contribution in [3.8, 4) is 5.75 Å². The van der Waals surface area contributed by atoms with Crippen LogP contribution < -0.4 is 15.4 Å². The number of carbonyl (C=O) groups is 1. The summed E-state index contributed by atoms with van der Waals surface area (Å²) in [5.41, 5.74) is 0.948. The molecule has 1 aromatic heterocycles. The molecule has 0 saturated heterocycles. The minimum atomic E-state index is -0.488. The van der Waals surface area contributed by atoms with Crippen molar-refractivity contribution in [1.29, 1.82) is 0 Å². The van der Waals surface area contributed by atoms with Gasteiger partial charge in [0.25, 0.3) is 5.91 Å². The number of aryl methyl sites for hydroxylation is 1. The first kappa shape index (κ1) is 19.2. The Morgan fingerprint density at radius 2 is 2.20 bits per heavy atom. The predicted octanol–water partition coefficient (Wildman–Crippen LogP) is 3.68. The average molecular weight is 382 g/mol. The lowest BCUT2D eigenvalue weighted by molar-refractivity contribution is 0.0981. The number of thiocarbonyl (C=S) groups is 1. The summed E-state index contributed by atoms with van der Waals surface area (Å²) in [5, 5.41) is 9.11. The Hall–Kier alpha value is -2.13. The first-order chi connectivity index (χ1) is 12.0. The number of halogens is 1. The number of amides is 1. The monoisotopic (exact) mass is 382 g/mol. The van der Waals surface area contributed by atoms with Gasteiger partial charge in [-0.3, -0.25) is 10.1 Å². The highest BCUT2D eigenvalue weighted by Gasteiger charge is 2.14. The van der Waals surface area contributed by atoms with E-state index in [4.69, 9.17) is 17.0 Å². The van der Waals surface area contributed by atoms with Gasteiger partial charge in [0.05, 0.1) is 12.3 Å². The molecule has 134 valence electrons. The van der Waals surface area contributed by atoms with Crippen LogP contribution in [0.1, 0.15) is 41.6 Å². The van der Waals surface area contributed by atoms with Crippen LogP contribution in [0.4, 0.5) is 10.1 Å². The third-order valence-electron chi connectivity index (χ3n) is 3.28. The zero-order chi connectivity index (χ0) is 18.2. The minimum Gasteiger partial charge on any atom is -0.491 e. The zero-order valence-corrected chi connectivity index (χ0v) is 15.6. The molecular formula is C16H19FN4O2S2. The van der Waals surface area contributed by atoms with Gasteiger partial charge in [-0.1, -0.05) is 24.3 Å². The molecule has 0 aliphatic carbocycles. The lowest BCUT2D eigenvalue weighted by atomic mass is 10.2. The Balaban J connectivity index is 1.89. The average Bonchev–Trinajstić information content (AvgIpc) is 2.99. The summed E-state index contributed by atoms with van der Waals surface area (Å²) in [6, 6.07) is 4.44. The van der Waals surface area contributed by atoms with Crippen LogP contribution in [-0.4, -0.2) is 27.2 Å². The van der Waals surface area contributed by atoms with Gasteiger partial charge in [-0.25, -0.2) is 4.39 Å². The van der Waals surface area contributed by atoms with Crippen molar-refractivity contribution in [1.82, 2.24) is 14.9 Å². The molecule has 9 heteroatoms. The zero-order valence-electron chi connectivity index (χ0n) is 14.0. The van der Waals surface area contributed by atoms with Crippen LogP contribution >= 0.6 is 23.8 Å². The predicted molar refractivity (Wildman–Crippen MR) is 99.8 cm³/mol. The van der Waals surface area contributed by atoms with Gasteiger partial charge in [-0.15, -0.1) is 5.10 Å². The fraction of sp³-hybridized carbons (Fsp3) is 0.375. The highest BCUT2D eigenvalue weighted by molar-refractivity contribution is 7.80. The number of aromatic nitrogens is 2. The van der Waals surface area contributed by atoms with Crippen molar-refractivity contribution in [2.24, 2.45) is 0 Å². The van der Waals surface area contributed by atoms with Crippen LogP contribution in [-0.2, 0) is 0 Å². The maximum atomic E-state index is 14.0. The molecular weight excluding hydrogens is 363 g/mol. The van der Waals surface area contributed by atoms with Gasteiger partial charge in [-0.05, 0) is 49.2 Å². The number of anilines is 1. The summed E-state index contributed by atoms with van der Waals surface area (Å²) in [4.78, 5) is 12.4. The first-order valence-corrected chi connectivity index (χ1v) is 9.03. The van der Waals surface area contributed by atoms with Crippen molar-refractivity contribution in [2.45, 2.75) is 33.1 Å². The second-order valence-electron chi connectivity index (χ2n) is 5.30. The maximum Gasteiger partial charge on any atom is 0.271 e. The molecule has 0 saturated carbocycles. The molecule has 0 atom stereocenters. The fourth-order valence-corrected chi connectivity index (χ4v) is 2.75. The molecule has 0 aliphatic heterocycles. The van der Waals surface area contributed by atoms with E-state index in [1.54, 1.807) is 13.0 Å². The molecule has 0 bridgehead atoms. The van der Waals surface area contributed by atoms with Crippen molar-refractivity contribution < 1.29 is 13.9 Å². The van der Waals surface area contributed by atoms with Crippen LogP contribution in [0.5, 0.6) is 5.75 Å². The topological polar surface area (TPSA) is 76.1 Å². The third-order valence-corrected chi connectivity index (χ3v) is 4.31. The number of benzene rings is 1. The molecule has 2 N–H and O–H groups in total. The van der Waals surface area contributed by atoms with Crippen molar-refractivity contribution in [3.05, 3.63) is 34.6 Å². The molecule has 2 rings (SSSR count). The minimum absolute atomic E-state index is 0.0637. The highest BCUT2D eigenvalue weighted by Crippen LogP contribution is 2.21. The van der Waals surface area contributed by atoms with E-state index in [1.165, 1.54) is 12.1 Å². The summed E-state index contributed by atoms with van der Waals surface area (Å²) < 4.78 is 23.1. The Morgan fingerprint density at radius 1 is 1.40 bits per heavy atom. The van der Waals surface area contributed by atoms with Gasteiger partial charge in [0.15, 0.2) is 16.7 Å². The number of unbranched alkanes of at least 4 members (excludes halogenated alkanes) is 2. The normalized spacial score (nSPS) is 10.4. The van der Waals surface area contributed by atoms with Crippen molar-refractivity contribution in [2.75, 3.05) is 11.9 Å². The summed E-state index contributed by atoms with van der Waals surface area (Å²) in [6.45, 7) is 4.26. The number of nitrogens with one attached hydrogen (secondary N) is 2. The SMILES string of the molecule is CCCCCOc1ccc(NC(=S)NC(=O)c2snnc2C)cc1F. The molecule has 0 unspecified atom stereocenters. The van der Waals surface area contributed by atoms with Crippen molar-refractivity contribution >= 4 is 40.5 Å². The van der Waals surface area contributed by atoms with Crippen LogP contribution in [0.2, 0.25) is 0 Å². The quantitative estimate of drug-likeness (QED) is 0.562. The van der Waals surface area contributed by atoms with E-state index in [1.807, 2.05) is 0 Å². The number of nitrogens with zero attached hydrogens (tertiary/aromatic N) is 2. The summed E-state index contributed by atoms with van der Waals surface area (Å²) in [6.07, 6.45) is 3.01. The second kappa shape index (κ2) is 9.38. The van der Waals surface area contributed by atoms with E-state index in [0.29, 0.717) is 22.9 Å². The number of carbonyl (C=O) groups excluding carboxylic acids is 1. The van der Waals surface area contributed by atoms with E-state index < -0.39 is 11.7 Å². The largest absolute Gasteiger partial charge is 0.491 e. The van der Waals surface area contributed by atoms with E-state index in [-0.39, 0.29) is 10.9 Å². The van der Waals surface area contributed by atoms with Crippen LogP contribution in [0.3, 0.4) is 0 Å². The smallest absolute Gasteiger partial charge is 0.271 e. The second-order valence-corrected chi connectivity index (χ2v) is 6.46. The molecule has 25 heavy (non-hydrogen) atoms. The Morgan fingerprint density at radius 3 is 2.84 bits per heavy atom. The van der Waals surface area contributed by atoms with E-state index in [2.05, 4.69) is 27.1 Å². The molecule has 6 nitrogen and oxygen atoms in total. The van der Waals surface area contributed by atoms with Crippen LogP contribution in [0.25, 0.3) is 0 Å². The van der Waals surface area contributed by atoms with E-state index >= 15 is 0 Å². The third kappa shape index (κ3) is 5.71. The van der Waals surface area contributed by atoms with Crippen molar-refractivity contribution in [3.63, 3.8) is 0 Å².